The number of amides is 1. The van der Waals surface area contributed by atoms with Gasteiger partial charge in [0.25, 0.3) is 5.91 Å². The first-order valence-corrected chi connectivity index (χ1v) is 6.60. The van der Waals surface area contributed by atoms with Crippen LogP contribution in [0.2, 0.25) is 0 Å². The van der Waals surface area contributed by atoms with Crippen molar-refractivity contribution < 1.29 is 4.79 Å². The summed E-state index contributed by atoms with van der Waals surface area (Å²) >= 11 is 0. The Bertz CT molecular complexity index is 887. The second-order valence-electron chi connectivity index (χ2n) is 4.75. The Morgan fingerprint density at radius 3 is 2.77 bits per heavy atom. The Morgan fingerprint density at radius 2 is 2.00 bits per heavy atom. The first kappa shape index (κ1) is 13.7. The van der Waals surface area contributed by atoms with Crippen molar-refractivity contribution in [3.05, 3.63) is 54.0 Å². The van der Waals surface area contributed by atoms with Crippen LogP contribution in [-0.2, 0) is 0 Å². The van der Waals surface area contributed by atoms with Gasteiger partial charge in [0.1, 0.15) is 0 Å². The summed E-state index contributed by atoms with van der Waals surface area (Å²) in [4.78, 5) is 19.9. The molecule has 2 heterocycles. The van der Waals surface area contributed by atoms with E-state index in [0.29, 0.717) is 11.3 Å². The lowest BCUT2D eigenvalue weighted by Gasteiger charge is -2.07. The number of nitrogens with zero attached hydrogens (tertiary/aromatic N) is 4. The van der Waals surface area contributed by atoms with E-state index in [1.54, 1.807) is 17.8 Å². The molecule has 0 aliphatic heterocycles. The fourth-order valence-corrected chi connectivity index (χ4v) is 2.30. The Kier molecular flexibility index (Phi) is 3.30. The molecule has 0 aliphatic rings. The summed E-state index contributed by atoms with van der Waals surface area (Å²) in [5, 5.41) is 5.26. The maximum absolute atomic E-state index is 12.0. The van der Waals surface area contributed by atoms with Crippen LogP contribution in [0.4, 0.5) is 0 Å². The first-order valence-electron chi connectivity index (χ1n) is 6.60. The predicted molar refractivity (Wildman–Crippen MR) is 83.7 cm³/mol. The number of para-hydroxylation sites is 1. The molecule has 3 aromatic rings. The quantitative estimate of drug-likeness (QED) is 0.543. The third-order valence-electron chi connectivity index (χ3n) is 3.31. The van der Waals surface area contributed by atoms with Crippen molar-refractivity contribution in [2.75, 3.05) is 0 Å². The molecule has 0 atom stereocenters. The number of hydrogen-bond acceptors (Lipinski definition) is 3. The second kappa shape index (κ2) is 5.28. The number of pyridine rings is 1. The monoisotopic (exact) mass is 294 g/mol. The Hall–Kier alpha value is -3.22. The summed E-state index contributed by atoms with van der Waals surface area (Å²) in [7, 11) is 0. The van der Waals surface area contributed by atoms with Gasteiger partial charge in [0, 0.05) is 11.6 Å². The van der Waals surface area contributed by atoms with Gasteiger partial charge in [0.2, 0.25) is 0 Å². The summed E-state index contributed by atoms with van der Waals surface area (Å²) in [6, 6.07) is 9.62. The predicted octanol–water partition coefficient (Wildman–Crippen LogP) is 1.14. The van der Waals surface area contributed by atoms with E-state index in [9.17, 15) is 4.79 Å². The van der Waals surface area contributed by atoms with Crippen LogP contribution in [0.1, 0.15) is 16.1 Å². The molecule has 7 heteroatoms. The number of hydrogen-bond donors (Lipinski definition) is 2. The van der Waals surface area contributed by atoms with E-state index in [1.165, 1.54) is 6.20 Å². The molecule has 0 spiro atoms. The molecule has 3 rings (SSSR count). The van der Waals surface area contributed by atoms with Gasteiger partial charge in [-0.15, -0.1) is 0 Å². The molecule has 0 saturated heterocycles. The summed E-state index contributed by atoms with van der Waals surface area (Å²) in [5.74, 6) is -0.791. The van der Waals surface area contributed by atoms with E-state index in [2.05, 4.69) is 15.1 Å². The van der Waals surface area contributed by atoms with E-state index < -0.39 is 5.91 Å². The highest BCUT2D eigenvalue weighted by Crippen LogP contribution is 2.22. The molecule has 7 nitrogen and oxygen atoms in total. The normalized spacial score (nSPS) is 10.6. The summed E-state index contributed by atoms with van der Waals surface area (Å²) in [6.45, 7) is 1.78. The average molecular weight is 294 g/mol. The van der Waals surface area contributed by atoms with Crippen LogP contribution in [-0.4, -0.2) is 26.6 Å². The van der Waals surface area contributed by atoms with Gasteiger partial charge in [-0.05, 0) is 19.1 Å². The molecule has 0 aliphatic carbocycles. The van der Waals surface area contributed by atoms with Crippen LogP contribution in [0, 0.1) is 6.92 Å². The number of guanidine groups is 1. The highest BCUT2D eigenvalue weighted by atomic mass is 16.1. The number of carbonyl (C=O) groups is 1. The van der Waals surface area contributed by atoms with Gasteiger partial charge in [0.05, 0.1) is 28.7 Å². The van der Waals surface area contributed by atoms with Crippen LogP contribution < -0.4 is 11.5 Å². The molecular formula is C15H14N6O. The first-order chi connectivity index (χ1) is 10.6. The van der Waals surface area contributed by atoms with Crippen molar-refractivity contribution in [3.63, 3.8) is 0 Å². The van der Waals surface area contributed by atoms with Crippen LogP contribution in [0.15, 0.2) is 47.7 Å². The van der Waals surface area contributed by atoms with E-state index in [0.717, 1.165) is 16.6 Å². The fraction of sp³-hybridized carbons (Fsp3) is 0.0667. The largest absolute Gasteiger partial charge is 0.370 e. The fourth-order valence-electron chi connectivity index (χ4n) is 2.30. The van der Waals surface area contributed by atoms with Crippen molar-refractivity contribution in [1.29, 1.82) is 0 Å². The third kappa shape index (κ3) is 2.28. The zero-order valence-corrected chi connectivity index (χ0v) is 11.9. The van der Waals surface area contributed by atoms with Gasteiger partial charge < -0.3 is 11.5 Å². The van der Waals surface area contributed by atoms with Crippen molar-refractivity contribution in [2.45, 2.75) is 6.92 Å². The second-order valence-corrected chi connectivity index (χ2v) is 4.75. The standard InChI is InChI=1S/C15H14N6O/c1-9-11(14(22)20-15(16)17)8-19-21(9)12-6-2-4-10-5-3-7-18-13(10)12/h2-8H,1H3,(H4,16,17,20,22). The minimum absolute atomic E-state index is 0.274. The van der Waals surface area contributed by atoms with Gasteiger partial charge in [-0.2, -0.15) is 10.1 Å². The number of benzene rings is 1. The lowest BCUT2D eigenvalue weighted by molar-refractivity contribution is 0.100. The molecule has 0 saturated carbocycles. The number of aromatic nitrogens is 3. The van der Waals surface area contributed by atoms with Gasteiger partial charge in [-0.3, -0.25) is 9.78 Å². The lowest BCUT2D eigenvalue weighted by Crippen LogP contribution is -2.24. The Morgan fingerprint density at radius 1 is 1.23 bits per heavy atom. The SMILES string of the molecule is Cc1c(C(=O)N=C(N)N)cnn1-c1cccc2cccnc12. The van der Waals surface area contributed by atoms with Gasteiger partial charge in [-0.25, -0.2) is 4.68 Å². The number of aliphatic imine (C=N–C) groups is 1. The van der Waals surface area contributed by atoms with E-state index in [1.807, 2.05) is 30.3 Å². The van der Waals surface area contributed by atoms with E-state index in [4.69, 9.17) is 11.5 Å². The maximum Gasteiger partial charge on any atom is 0.283 e. The number of rotatable bonds is 2. The number of carbonyl (C=O) groups excluding carboxylic acids is 1. The molecule has 1 aromatic carbocycles. The van der Waals surface area contributed by atoms with Crippen molar-refractivity contribution in [1.82, 2.24) is 14.8 Å². The van der Waals surface area contributed by atoms with Crippen LogP contribution >= 0.6 is 0 Å². The summed E-state index contributed by atoms with van der Waals surface area (Å²) < 4.78 is 1.66. The zero-order valence-electron chi connectivity index (χ0n) is 11.9. The summed E-state index contributed by atoms with van der Waals surface area (Å²) in [5.41, 5.74) is 13.1. The van der Waals surface area contributed by atoms with Crippen molar-refractivity contribution in [3.8, 4) is 5.69 Å². The highest BCUT2D eigenvalue weighted by Gasteiger charge is 2.16. The lowest BCUT2D eigenvalue weighted by atomic mass is 10.2. The highest BCUT2D eigenvalue weighted by molar-refractivity contribution is 6.02. The topological polar surface area (TPSA) is 112 Å². The molecule has 110 valence electrons. The minimum atomic E-state index is -0.517. The molecule has 2 aromatic heterocycles. The zero-order chi connectivity index (χ0) is 15.7. The van der Waals surface area contributed by atoms with Gasteiger partial charge in [0.15, 0.2) is 5.96 Å². The summed E-state index contributed by atoms with van der Waals surface area (Å²) in [6.07, 6.45) is 3.17. The number of nitrogens with two attached hydrogens (primary N) is 2. The third-order valence-corrected chi connectivity index (χ3v) is 3.31. The molecule has 0 unspecified atom stereocenters. The molecule has 1 amide bonds. The average Bonchev–Trinajstić information content (AvgIpc) is 2.87. The van der Waals surface area contributed by atoms with Gasteiger partial charge in [-0.1, -0.05) is 18.2 Å². The molecule has 4 N–H and O–H groups in total. The maximum atomic E-state index is 12.0. The molecule has 0 bridgehead atoms. The van der Waals surface area contributed by atoms with E-state index >= 15 is 0 Å². The van der Waals surface area contributed by atoms with E-state index in [-0.39, 0.29) is 5.96 Å². The molecular weight excluding hydrogens is 280 g/mol. The molecule has 0 radical (unpaired) electrons. The molecule has 22 heavy (non-hydrogen) atoms. The van der Waals surface area contributed by atoms with Crippen LogP contribution in [0.5, 0.6) is 0 Å². The van der Waals surface area contributed by atoms with Crippen LogP contribution in [0.3, 0.4) is 0 Å². The van der Waals surface area contributed by atoms with Gasteiger partial charge >= 0.3 is 0 Å². The van der Waals surface area contributed by atoms with Crippen LogP contribution in [0.25, 0.3) is 16.6 Å². The van der Waals surface area contributed by atoms with Crippen molar-refractivity contribution >= 4 is 22.8 Å². The number of fused-ring (bicyclic) bond motifs is 1. The van der Waals surface area contributed by atoms with Crippen molar-refractivity contribution in [2.24, 2.45) is 16.5 Å². The smallest absolute Gasteiger partial charge is 0.283 e. The minimum Gasteiger partial charge on any atom is -0.370 e. The Balaban J connectivity index is 2.15. The Labute approximate surface area is 126 Å². The molecule has 0 fully saturated rings.